The lowest BCUT2D eigenvalue weighted by atomic mass is 10.2. The van der Waals surface area contributed by atoms with Gasteiger partial charge in [-0.05, 0) is 32.0 Å². The van der Waals surface area contributed by atoms with Crippen LogP contribution >= 0.6 is 0 Å². The molecule has 0 saturated carbocycles. The molecular weight excluding hydrogens is 226 g/mol. The third-order valence-electron chi connectivity index (χ3n) is 2.98. The second-order valence-electron chi connectivity index (χ2n) is 4.36. The molecule has 1 atom stereocenters. The normalized spacial score (nSPS) is 12.4. The summed E-state index contributed by atoms with van der Waals surface area (Å²) in [7, 11) is 1.69. The number of aryl methyl sites for hydroxylation is 1. The van der Waals surface area contributed by atoms with Gasteiger partial charge in [-0.2, -0.15) is 0 Å². The zero-order valence-corrected chi connectivity index (χ0v) is 11.1. The van der Waals surface area contributed by atoms with E-state index in [1.807, 2.05) is 37.3 Å². The molecule has 3 nitrogen and oxygen atoms in total. The molecule has 0 aliphatic heterocycles. The summed E-state index contributed by atoms with van der Waals surface area (Å²) in [6, 6.07) is 12.2. The fourth-order valence-corrected chi connectivity index (χ4v) is 1.90. The van der Waals surface area contributed by atoms with Crippen molar-refractivity contribution >= 4 is 0 Å². The van der Waals surface area contributed by atoms with Gasteiger partial charge in [-0.3, -0.25) is 0 Å². The molecule has 2 aromatic rings. The van der Waals surface area contributed by atoms with Crippen molar-refractivity contribution in [3.05, 3.63) is 53.5 Å². The predicted octanol–water partition coefficient (Wildman–Crippen LogP) is 3.45. The van der Waals surface area contributed by atoms with Gasteiger partial charge >= 0.3 is 0 Å². The number of rotatable bonds is 5. The Morgan fingerprint density at radius 2 is 2.00 bits per heavy atom. The second kappa shape index (κ2) is 5.74. The van der Waals surface area contributed by atoms with Crippen LogP contribution in [0.3, 0.4) is 0 Å². The smallest absolute Gasteiger partial charge is 0.123 e. The van der Waals surface area contributed by atoms with Gasteiger partial charge in [0.1, 0.15) is 17.3 Å². The molecule has 18 heavy (non-hydrogen) atoms. The lowest BCUT2D eigenvalue weighted by Gasteiger charge is -2.13. The van der Waals surface area contributed by atoms with E-state index in [-0.39, 0.29) is 6.04 Å². The Hall–Kier alpha value is -1.74. The van der Waals surface area contributed by atoms with Gasteiger partial charge in [-0.1, -0.05) is 18.2 Å². The van der Waals surface area contributed by atoms with Gasteiger partial charge in [0.15, 0.2) is 0 Å². The standard InChI is InChI=1S/C15H19NO2/c1-11-8-9-14(18-11)12(2)16-10-13-6-4-5-7-15(13)17-3/h4-9,12,16H,10H2,1-3H3. The third-order valence-corrected chi connectivity index (χ3v) is 2.98. The van der Waals surface area contributed by atoms with Gasteiger partial charge in [-0.25, -0.2) is 0 Å². The van der Waals surface area contributed by atoms with E-state index >= 15 is 0 Å². The molecule has 1 N–H and O–H groups in total. The quantitative estimate of drug-likeness (QED) is 0.876. The van der Waals surface area contributed by atoms with Crippen molar-refractivity contribution in [2.24, 2.45) is 0 Å². The highest BCUT2D eigenvalue weighted by Crippen LogP contribution is 2.20. The van der Waals surface area contributed by atoms with E-state index < -0.39 is 0 Å². The third kappa shape index (κ3) is 2.93. The molecule has 96 valence electrons. The molecule has 1 heterocycles. The molecule has 3 heteroatoms. The minimum absolute atomic E-state index is 0.184. The van der Waals surface area contributed by atoms with Crippen molar-refractivity contribution in [3.63, 3.8) is 0 Å². The average molecular weight is 245 g/mol. The summed E-state index contributed by atoms with van der Waals surface area (Å²) in [5, 5.41) is 3.43. The Balaban J connectivity index is 1.99. The minimum Gasteiger partial charge on any atom is -0.496 e. The largest absolute Gasteiger partial charge is 0.496 e. The molecule has 0 aliphatic rings. The first-order chi connectivity index (χ1) is 8.70. The topological polar surface area (TPSA) is 34.4 Å². The minimum atomic E-state index is 0.184. The van der Waals surface area contributed by atoms with Gasteiger partial charge in [0.2, 0.25) is 0 Å². The molecule has 0 bridgehead atoms. The first-order valence-corrected chi connectivity index (χ1v) is 6.12. The zero-order chi connectivity index (χ0) is 13.0. The number of nitrogens with one attached hydrogen (secondary N) is 1. The monoisotopic (exact) mass is 245 g/mol. The first kappa shape index (κ1) is 12.7. The van der Waals surface area contributed by atoms with Crippen molar-refractivity contribution < 1.29 is 9.15 Å². The summed E-state index contributed by atoms with van der Waals surface area (Å²) in [6.07, 6.45) is 0. The molecule has 1 aromatic heterocycles. The van der Waals surface area contributed by atoms with E-state index in [2.05, 4.69) is 18.3 Å². The molecule has 0 spiro atoms. The maximum atomic E-state index is 5.60. The molecule has 1 unspecified atom stereocenters. The van der Waals surface area contributed by atoms with Crippen LogP contribution in [0.15, 0.2) is 40.8 Å². The van der Waals surface area contributed by atoms with Crippen molar-refractivity contribution in [1.29, 1.82) is 0 Å². The van der Waals surface area contributed by atoms with Gasteiger partial charge in [0.25, 0.3) is 0 Å². The number of methoxy groups -OCH3 is 1. The average Bonchev–Trinajstić information content (AvgIpc) is 2.83. The second-order valence-corrected chi connectivity index (χ2v) is 4.36. The number of para-hydroxylation sites is 1. The Morgan fingerprint density at radius 1 is 1.22 bits per heavy atom. The molecule has 0 aliphatic carbocycles. The molecule has 0 fully saturated rings. The van der Waals surface area contributed by atoms with E-state index in [0.29, 0.717) is 0 Å². The van der Waals surface area contributed by atoms with Crippen LogP contribution in [0.2, 0.25) is 0 Å². The highest BCUT2D eigenvalue weighted by atomic mass is 16.5. The van der Waals surface area contributed by atoms with Gasteiger partial charge in [0, 0.05) is 12.1 Å². The van der Waals surface area contributed by atoms with Crippen LogP contribution < -0.4 is 10.1 Å². The highest BCUT2D eigenvalue weighted by molar-refractivity contribution is 5.33. The summed E-state index contributed by atoms with van der Waals surface area (Å²) in [5.41, 5.74) is 1.15. The first-order valence-electron chi connectivity index (χ1n) is 6.12. The lowest BCUT2D eigenvalue weighted by molar-refractivity contribution is 0.395. The Bertz CT molecular complexity index is 505. The molecule has 2 rings (SSSR count). The van der Waals surface area contributed by atoms with Crippen LogP contribution in [0, 0.1) is 6.92 Å². The van der Waals surface area contributed by atoms with Gasteiger partial charge in [0.05, 0.1) is 13.2 Å². The molecule has 0 amide bonds. The Labute approximate surface area is 108 Å². The Morgan fingerprint density at radius 3 is 2.67 bits per heavy atom. The fraction of sp³-hybridized carbons (Fsp3) is 0.333. The molecule has 0 radical (unpaired) electrons. The summed E-state index contributed by atoms with van der Waals surface area (Å²) < 4.78 is 10.9. The Kier molecular flexibility index (Phi) is 4.05. The van der Waals surface area contributed by atoms with Crippen molar-refractivity contribution in [2.45, 2.75) is 26.4 Å². The SMILES string of the molecule is COc1ccccc1CNC(C)c1ccc(C)o1. The fourth-order valence-electron chi connectivity index (χ4n) is 1.90. The van der Waals surface area contributed by atoms with E-state index in [1.54, 1.807) is 7.11 Å². The van der Waals surface area contributed by atoms with Gasteiger partial charge in [-0.15, -0.1) is 0 Å². The van der Waals surface area contributed by atoms with Crippen LogP contribution in [0.1, 0.15) is 30.0 Å². The van der Waals surface area contributed by atoms with Crippen LogP contribution in [-0.2, 0) is 6.54 Å². The van der Waals surface area contributed by atoms with Crippen LogP contribution in [0.25, 0.3) is 0 Å². The summed E-state index contributed by atoms with van der Waals surface area (Å²) in [4.78, 5) is 0. The van der Waals surface area contributed by atoms with Crippen molar-refractivity contribution in [3.8, 4) is 5.75 Å². The predicted molar refractivity (Wildman–Crippen MR) is 71.7 cm³/mol. The number of furan rings is 1. The summed E-state index contributed by atoms with van der Waals surface area (Å²) in [5.74, 6) is 2.81. The summed E-state index contributed by atoms with van der Waals surface area (Å²) >= 11 is 0. The van der Waals surface area contributed by atoms with E-state index in [0.717, 1.165) is 29.4 Å². The maximum absolute atomic E-state index is 5.60. The number of hydrogen-bond acceptors (Lipinski definition) is 3. The van der Waals surface area contributed by atoms with Crippen LogP contribution in [0.5, 0.6) is 5.75 Å². The van der Waals surface area contributed by atoms with Gasteiger partial charge < -0.3 is 14.5 Å². The van der Waals surface area contributed by atoms with Crippen LogP contribution in [0.4, 0.5) is 0 Å². The highest BCUT2D eigenvalue weighted by Gasteiger charge is 2.10. The number of hydrogen-bond donors (Lipinski definition) is 1. The number of ether oxygens (including phenoxy) is 1. The maximum Gasteiger partial charge on any atom is 0.123 e. The van der Waals surface area contributed by atoms with Crippen LogP contribution in [-0.4, -0.2) is 7.11 Å². The van der Waals surface area contributed by atoms with E-state index in [9.17, 15) is 0 Å². The zero-order valence-electron chi connectivity index (χ0n) is 11.1. The lowest BCUT2D eigenvalue weighted by Crippen LogP contribution is -2.18. The summed E-state index contributed by atoms with van der Waals surface area (Å²) in [6.45, 7) is 4.80. The molecule has 0 saturated heterocycles. The molecule has 1 aromatic carbocycles. The molecular formula is C15H19NO2. The van der Waals surface area contributed by atoms with E-state index in [4.69, 9.17) is 9.15 Å². The van der Waals surface area contributed by atoms with Crippen molar-refractivity contribution in [2.75, 3.05) is 7.11 Å². The van der Waals surface area contributed by atoms with Crippen molar-refractivity contribution in [1.82, 2.24) is 5.32 Å². The van der Waals surface area contributed by atoms with E-state index in [1.165, 1.54) is 0 Å². The number of benzene rings is 1.